The zero-order valence-electron chi connectivity index (χ0n) is 21.5. The maximum Gasteiger partial charge on any atom is 0.338 e. The highest BCUT2D eigenvalue weighted by molar-refractivity contribution is 9.10. The summed E-state index contributed by atoms with van der Waals surface area (Å²) in [4.78, 5) is 43.5. The Labute approximate surface area is 244 Å². The molecule has 1 aliphatic rings. The minimum absolute atomic E-state index is 0.0429. The minimum atomic E-state index is -0.698. The summed E-state index contributed by atoms with van der Waals surface area (Å²) in [5, 5.41) is 11.1. The van der Waals surface area contributed by atoms with Gasteiger partial charge < -0.3 is 9.15 Å². The molecule has 2 aromatic heterocycles. The second-order valence-corrected chi connectivity index (χ2v) is 11.4. The molecule has 5 rings (SSSR count). The number of carbonyl (C=O) groups is 1. The van der Waals surface area contributed by atoms with Crippen molar-refractivity contribution in [3.63, 3.8) is 0 Å². The third kappa shape index (κ3) is 5.21. The average Bonchev–Trinajstić information content (AvgIpc) is 3.52. The Hall–Kier alpha value is -3.74. The van der Waals surface area contributed by atoms with E-state index in [0.717, 1.165) is 10.5 Å². The van der Waals surface area contributed by atoms with E-state index in [0.29, 0.717) is 42.2 Å². The van der Waals surface area contributed by atoms with Crippen LogP contribution >= 0.6 is 39.0 Å². The summed E-state index contributed by atoms with van der Waals surface area (Å²) >= 11 is 6.17. The fourth-order valence-electron chi connectivity index (χ4n) is 4.41. The zero-order chi connectivity index (χ0) is 28.6. The van der Waals surface area contributed by atoms with Crippen LogP contribution in [0.2, 0.25) is 0 Å². The van der Waals surface area contributed by atoms with Crippen LogP contribution in [-0.2, 0) is 9.53 Å². The molecule has 1 atom stereocenters. The van der Waals surface area contributed by atoms with Crippen LogP contribution in [-0.4, -0.2) is 28.3 Å². The van der Waals surface area contributed by atoms with Gasteiger partial charge in [-0.1, -0.05) is 23.5 Å². The maximum atomic E-state index is 13.8. The number of hydrogen-bond donors (Lipinski definition) is 0. The molecule has 12 heteroatoms. The van der Waals surface area contributed by atoms with Crippen LogP contribution in [0.5, 0.6) is 0 Å². The molecule has 0 fully saturated rings. The first-order chi connectivity index (χ1) is 19.2. The van der Waals surface area contributed by atoms with Crippen LogP contribution in [0.1, 0.15) is 31.2 Å². The number of hydrogen-bond acceptors (Lipinski definition) is 9. The van der Waals surface area contributed by atoms with Gasteiger partial charge in [0.25, 0.3) is 11.2 Å². The van der Waals surface area contributed by atoms with Crippen LogP contribution in [0.3, 0.4) is 0 Å². The fourth-order valence-corrected chi connectivity index (χ4v) is 6.41. The van der Waals surface area contributed by atoms with Crippen molar-refractivity contribution in [3.05, 3.63) is 111 Å². The Kier molecular flexibility index (Phi) is 7.92. The molecular formula is C28H22BrN3O6S2. The number of furan rings is 1. The van der Waals surface area contributed by atoms with E-state index < -0.39 is 16.9 Å². The Morgan fingerprint density at radius 3 is 2.65 bits per heavy atom. The summed E-state index contributed by atoms with van der Waals surface area (Å²) in [6, 6.07) is 14.9. The van der Waals surface area contributed by atoms with Crippen LogP contribution in [0, 0.1) is 10.1 Å². The molecule has 0 saturated heterocycles. The number of non-ortho nitro benzene ring substituents is 1. The number of esters is 1. The Morgan fingerprint density at radius 2 is 2.00 bits per heavy atom. The third-order valence-electron chi connectivity index (χ3n) is 6.28. The summed E-state index contributed by atoms with van der Waals surface area (Å²) in [7, 11) is 0. The van der Waals surface area contributed by atoms with Gasteiger partial charge in [0.05, 0.1) is 33.4 Å². The standard InChI is InChI=1S/C28H22BrN3O6S2/c1-4-37-27(34)24-15(2)30-28-31(25(24)16-5-9-19(39-3)10-6-16)26(33)23(40-28)14-18-8-12-22(38-18)20-11-7-17(32(35)36)13-21(20)29/h5-14,25H,4H2,1-3H3/b23-14-/t25-/m1/s1. The van der Waals surface area contributed by atoms with Crippen molar-refractivity contribution in [1.29, 1.82) is 0 Å². The lowest BCUT2D eigenvalue weighted by atomic mass is 9.96. The van der Waals surface area contributed by atoms with Crippen molar-refractivity contribution < 1.29 is 18.9 Å². The number of benzene rings is 2. The van der Waals surface area contributed by atoms with Gasteiger partial charge in [-0.2, -0.15) is 0 Å². The quantitative estimate of drug-likeness (QED) is 0.114. The lowest BCUT2D eigenvalue weighted by molar-refractivity contribution is -0.384. The number of rotatable bonds is 7. The van der Waals surface area contributed by atoms with Crippen molar-refractivity contribution >= 4 is 56.8 Å². The maximum absolute atomic E-state index is 13.8. The zero-order valence-corrected chi connectivity index (χ0v) is 24.8. The molecule has 0 saturated carbocycles. The predicted octanol–water partition coefficient (Wildman–Crippen LogP) is 5.45. The molecule has 0 aliphatic carbocycles. The lowest BCUT2D eigenvalue weighted by Crippen LogP contribution is -2.39. The van der Waals surface area contributed by atoms with E-state index >= 15 is 0 Å². The summed E-state index contributed by atoms with van der Waals surface area (Å²) in [5.41, 5.74) is 1.86. The minimum Gasteiger partial charge on any atom is -0.463 e. The molecule has 0 radical (unpaired) electrons. The normalized spacial score (nSPS) is 15.1. The monoisotopic (exact) mass is 639 g/mol. The number of nitro groups is 1. The molecule has 204 valence electrons. The fraction of sp³-hybridized carbons (Fsp3) is 0.179. The van der Waals surface area contributed by atoms with Gasteiger partial charge in [-0.05, 0) is 71.9 Å². The SMILES string of the molecule is CCOC(=O)C1=C(C)N=c2s/c(=C\c3ccc(-c4ccc([N+](=O)[O-])cc4Br)o3)c(=O)n2[C@@H]1c1ccc(SC)cc1. The van der Waals surface area contributed by atoms with Crippen LogP contribution in [0.4, 0.5) is 5.69 Å². The Bertz CT molecular complexity index is 1850. The highest BCUT2D eigenvalue weighted by Crippen LogP contribution is 2.33. The van der Waals surface area contributed by atoms with Crippen molar-refractivity contribution in [3.8, 4) is 11.3 Å². The van der Waals surface area contributed by atoms with E-state index in [1.54, 1.807) is 49.9 Å². The number of ether oxygens (including phenoxy) is 1. The number of thiazole rings is 1. The number of nitrogens with zero attached hydrogens (tertiary/aromatic N) is 3. The van der Waals surface area contributed by atoms with Crippen LogP contribution in [0.25, 0.3) is 17.4 Å². The van der Waals surface area contributed by atoms with E-state index in [4.69, 9.17) is 9.15 Å². The highest BCUT2D eigenvalue weighted by Gasteiger charge is 2.33. The Balaban J connectivity index is 1.60. The third-order valence-corrected chi connectivity index (χ3v) is 8.66. The summed E-state index contributed by atoms with van der Waals surface area (Å²) in [6.45, 7) is 3.68. The van der Waals surface area contributed by atoms with Gasteiger partial charge in [0, 0.05) is 33.1 Å². The van der Waals surface area contributed by atoms with Gasteiger partial charge in [-0.15, -0.1) is 11.8 Å². The smallest absolute Gasteiger partial charge is 0.338 e. The molecule has 0 bridgehead atoms. The van der Waals surface area contributed by atoms with E-state index in [9.17, 15) is 19.7 Å². The molecule has 1 aliphatic heterocycles. The molecular weight excluding hydrogens is 618 g/mol. The van der Waals surface area contributed by atoms with Crippen molar-refractivity contribution in [1.82, 2.24) is 4.57 Å². The Morgan fingerprint density at radius 1 is 1.25 bits per heavy atom. The molecule has 4 aromatic rings. The predicted molar refractivity (Wildman–Crippen MR) is 157 cm³/mol. The van der Waals surface area contributed by atoms with Gasteiger partial charge >= 0.3 is 5.97 Å². The van der Waals surface area contributed by atoms with Gasteiger partial charge in [0.1, 0.15) is 11.5 Å². The summed E-state index contributed by atoms with van der Waals surface area (Å²) in [6.07, 6.45) is 3.61. The highest BCUT2D eigenvalue weighted by atomic mass is 79.9. The second-order valence-electron chi connectivity index (χ2n) is 8.70. The topological polar surface area (TPSA) is 117 Å². The van der Waals surface area contributed by atoms with Crippen LogP contribution in [0.15, 0.2) is 89.4 Å². The molecule has 2 aromatic carbocycles. The number of nitro benzene ring substituents is 1. The first-order valence-corrected chi connectivity index (χ1v) is 14.9. The molecule has 0 spiro atoms. The number of halogens is 1. The van der Waals surface area contributed by atoms with Gasteiger partial charge in [-0.25, -0.2) is 9.79 Å². The second kappa shape index (κ2) is 11.4. The number of allylic oxidation sites excluding steroid dienone is 1. The van der Waals surface area contributed by atoms with Crippen molar-refractivity contribution in [2.75, 3.05) is 12.9 Å². The first-order valence-electron chi connectivity index (χ1n) is 12.1. The van der Waals surface area contributed by atoms with Gasteiger partial charge in [0.15, 0.2) is 4.80 Å². The molecule has 0 N–H and O–H groups in total. The van der Waals surface area contributed by atoms with E-state index in [-0.39, 0.29) is 17.9 Å². The lowest BCUT2D eigenvalue weighted by Gasteiger charge is -2.24. The van der Waals surface area contributed by atoms with E-state index in [1.807, 2.05) is 30.5 Å². The number of fused-ring (bicyclic) bond motifs is 1. The van der Waals surface area contributed by atoms with Crippen LogP contribution < -0.4 is 14.9 Å². The summed E-state index contributed by atoms with van der Waals surface area (Å²) < 4.78 is 13.7. The molecule has 0 amide bonds. The van der Waals surface area contributed by atoms with Gasteiger partial charge in [0.2, 0.25) is 0 Å². The molecule has 40 heavy (non-hydrogen) atoms. The summed E-state index contributed by atoms with van der Waals surface area (Å²) in [5.74, 6) is 0.391. The van der Waals surface area contributed by atoms with Gasteiger partial charge in [-0.3, -0.25) is 19.5 Å². The average molecular weight is 641 g/mol. The van der Waals surface area contributed by atoms with Crippen molar-refractivity contribution in [2.45, 2.75) is 24.8 Å². The molecule has 3 heterocycles. The molecule has 0 unspecified atom stereocenters. The number of thioether (sulfide) groups is 1. The number of aromatic nitrogens is 1. The van der Waals surface area contributed by atoms with E-state index in [2.05, 4.69) is 20.9 Å². The first kappa shape index (κ1) is 27.8. The number of carbonyl (C=O) groups excluding carboxylic acids is 1. The van der Waals surface area contributed by atoms with Crippen molar-refractivity contribution in [2.24, 2.45) is 4.99 Å². The molecule has 9 nitrogen and oxygen atoms in total. The van der Waals surface area contributed by atoms with E-state index in [1.165, 1.54) is 28.0 Å². The largest absolute Gasteiger partial charge is 0.463 e.